The molecule has 0 N–H and O–H groups in total. The van der Waals surface area contributed by atoms with Gasteiger partial charge in [-0.05, 0) is 33.0 Å². The van der Waals surface area contributed by atoms with E-state index in [1.165, 1.54) is 0 Å². The molecule has 96 valence electrons. The van der Waals surface area contributed by atoms with Crippen LogP contribution in [0.3, 0.4) is 0 Å². The van der Waals surface area contributed by atoms with Crippen LogP contribution >= 0.6 is 0 Å². The molecule has 1 aromatic carbocycles. The molecule has 1 rings (SSSR count). The fourth-order valence-electron chi connectivity index (χ4n) is 2.14. The van der Waals surface area contributed by atoms with Crippen molar-refractivity contribution in [1.29, 1.82) is 0 Å². The Bertz CT molecular complexity index is 429. The van der Waals surface area contributed by atoms with Gasteiger partial charge in [0.1, 0.15) is 0 Å². The fourth-order valence-corrected chi connectivity index (χ4v) is 2.14. The molecule has 0 heterocycles. The molecular weight excluding hydrogens is 216 g/mol. The zero-order chi connectivity index (χ0) is 13.0. The summed E-state index contributed by atoms with van der Waals surface area (Å²) in [6.07, 6.45) is 1.01. The van der Waals surface area contributed by atoms with E-state index in [1.54, 1.807) is 6.92 Å². The van der Waals surface area contributed by atoms with E-state index < -0.39 is 0 Å². The van der Waals surface area contributed by atoms with Crippen molar-refractivity contribution in [2.45, 2.75) is 27.2 Å². The Kier molecular flexibility index (Phi) is 4.87. The molecule has 0 fully saturated rings. The maximum absolute atomic E-state index is 11.4. The third-order valence-corrected chi connectivity index (χ3v) is 3.36. The summed E-state index contributed by atoms with van der Waals surface area (Å²) in [4.78, 5) is 26.7. The highest BCUT2D eigenvalue weighted by Crippen LogP contribution is 2.11. The summed E-state index contributed by atoms with van der Waals surface area (Å²) in [5, 5.41) is 0. The second-order valence-corrected chi connectivity index (χ2v) is 4.43. The standard InChI is InChI=1S/C13H22N2O2/c1-5-15(6-2)9-7-8-14(4)11-10(3)12(16)13(11)17/h5-9H2,1-4H3. The van der Waals surface area contributed by atoms with Crippen LogP contribution in [-0.2, 0) is 0 Å². The Morgan fingerprint density at radius 2 is 1.59 bits per heavy atom. The van der Waals surface area contributed by atoms with Crippen molar-refractivity contribution < 1.29 is 0 Å². The highest BCUT2D eigenvalue weighted by molar-refractivity contribution is 5.57. The number of hydrogen-bond acceptors (Lipinski definition) is 4. The summed E-state index contributed by atoms with van der Waals surface area (Å²) in [5.74, 6) is 0. The van der Waals surface area contributed by atoms with Gasteiger partial charge in [0.2, 0.25) is 10.9 Å². The fraction of sp³-hybridized carbons (Fsp3) is 0.692. The van der Waals surface area contributed by atoms with Crippen molar-refractivity contribution in [3.63, 3.8) is 0 Å². The third-order valence-electron chi connectivity index (χ3n) is 3.36. The molecule has 0 unspecified atom stereocenters. The average molecular weight is 238 g/mol. The lowest BCUT2D eigenvalue weighted by atomic mass is 10.1. The van der Waals surface area contributed by atoms with Crippen LogP contribution in [0.2, 0.25) is 0 Å². The molecule has 17 heavy (non-hydrogen) atoms. The molecule has 0 aromatic heterocycles. The molecule has 0 aliphatic carbocycles. The average Bonchev–Trinajstić information content (AvgIpc) is 2.34. The zero-order valence-corrected chi connectivity index (χ0v) is 11.2. The van der Waals surface area contributed by atoms with Gasteiger partial charge in [-0.1, -0.05) is 13.8 Å². The monoisotopic (exact) mass is 238 g/mol. The minimum absolute atomic E-state index is 0.324. The van der Waals surface area contributed by atoms with E-state index in [0.717, 1.165) is 32.6 Å². The smallest absolute Gasteiger partial charge is 0.249 e. The summed E-state index contributed by atoms with van der Waals surface area (Å²) in [6.45, 7) is 9.98. The molecule has 0 aliphatic heterocycles. The molecular formula is C13H22N2O2. The van der Waals surface area contributed by atoms with Crippen molar-refractivity contribution >= 4 is 5.69 Å². The number of nitrogens with zero attached hydrogens (tertiary/aromatic N) is 2. The highest BCUT2D eigenvalue weighted by atomic mass is 16.2. The van der Waals surface area contributed by atoms with Crippen LogP contribution in [0.4, 0.5) is 5.69 Å². The van der Waals surface area contributed by atoms with Crippen LogP contribution in [-0.4, -0.2) is 38.1 Å². The first-order valence-electron chi connectivity index (χ1n) is 6.26. The molecule has 0 spiro atoms. The first-order valence-corrected chi connectivity index (χ1v) is 6.26. The molecule has 4 nitrogen and oxygen atoms in total. The predicted octanol–water partition coefficient (Wildman–Crippen LogP) is 0.759. The van der Waals surface area contributed by atoms with E-state index in [1.807, 2.05) is 11.9 Å². The Hall–Kier alpha value is -1.16. The zero-order valence-electron chi connectivity index (χ0n) is 11.2. The van der Waals surface area contributed by atoms with Crippen LogP contribution in [0, 0.1) is 6.92 Å². The minimum atomic E-state index is -0.326. The van der Waals surface area contributed by atoms with E-state index in [-0.39, 0.29) is 10.9 Å². The summed E-state index contributed by atoms with van der Waals surface area (Å²) in [7, 11) is 1.88. The molecule has 0 saturated heterocycles. The maximum Gasteiger partial charge on any atom is 0.249 e. The number of anilines is 1. The molecule has 0 atom stereocenters. The van der Waals surface area contributed by atoms with E-state index >= 15 is 0 Å². The summed E-state index contributed by atoms with van der Waals surface area (Å²) < 4.78 is 0. The summed E-state index contributed by atoms with van der Waals surface area (Å²) >= 11 is 0. The lowest BCUT2D eigenvalue weighted by Crippen LogP contribution is -2.41. The summed E-state index contributed by atoms with van der Waals surface area (Å²) in [6, 6.07) is 0. The molecule has 4 heteroatoms. The Labute approximate surface area is 103 Å². The molecule has 0 radical (unpaired) electrons. The second-order valence-electron chi connectivity index (χ2n) is 4.43. The first-order chi connectivity index (χ1) is 8.02. The SMILES string of the molecule is CCN(CC)CCCN(C)c1c(C)c(=O)c1=O. The van der Waals surface area contributed by atoms with Crippen LogP contribution in [0.15, 0.2) is 9.59 Å². The lowest BCUT2D eigenvalue weighted by Gasteiger charge is -2.24. The van der Waals surface area contributed by atoms with Crippen LogP contribution in [0.5, 0.6) is 0 Å². The maximum atomic E-state index is 11.4. The minimum Gasteiger partial charge on any atom is -0.371 e. The van der Waals surface area contributed by atoms with Gasteiger partial charge >= 0.3 is 0 Å². The third kappa shape index (κ3) is 2.94. The lowest BCUT2D eigenvalue weighted by molar-refractivity contribution is 0.301. The van der Waals surface area contributed by atoms with Gasteiger partial charge in [0.25, 0.3) is 0 Å². The molecule has 0 amide bonds. The van der Waals surface area contributed by atoms with Crippen LogP contribution in [0.25, 0.3) is 0 Å². The predicted molar refractivity (Wildman–Crippen MR) is 71.8 cm³/mol. The van der Waals surface area contributed by atoms with Gasteiger partial charge in [-0.2, -0.15) is 0 Å². The largest absolute Gasteiger partial charge is 0.371 e. The molecule has 1 aromatic rings. The van der Waals surface area contributed by atoms with Gasteiger partial charge in [-0.3, -0.25) is 9.59 Å². The van der Waals surface area contributed by atoms with Gasteiger partial charge in [-0.25, -0.2) is 0 Å². The van der Waals surface area contributed by atoms with E-state index in [2.05, 4.69) is 18.7 Å². The van der Waals surface area contributed by atoms with Crippen molar-refractivity contribution in [3.8, 4) is 0 Å². The van der Waals surface area contributed by atoms with Crippen LogP contribution < -0.4 is 15.8 Å². The van der Waals surface area contributed by atoms with Gasteiger partial charge in [0.05, 0.1) is 5.69 Å². The Morgan fingerprint density at radius 1 is 1.00 bits per heavy atom. The molecule has 0 bridgehead atoms. The molecule has 0 saturated carbocycles. The van der Waals surface area contributed by atoms with Crippen molar-refractivity contribution in [1.82, 2.24) is 4.90 Å². The Morgan fingerprint density at radius 3 is 2.06 bits per heavy atom. The summed E-state index contributed by atoms with van der Waals surface area (Å²) in [5.41, 5.74) is 0.568. The van der Waals surface area contributed by atoms with Gasteiger partial charge in [-0.15, -0.1) is 0 Å². The van der Waals surface area contributed by atoms with Gasteiger partial charge in [0.15, 0.2) is 0 Å². The van der Waals surface area contributed by atoms with Crippen molar-refractivity contribution in [2.24, 2.45) is 0 Å². The highest BCUT2D eigenvalue weighted by Gasteiger charge is 2.19. The van der Waals surface area contributed by atoms with Crippen molar-refractivity contribution in [2.75, 3.05) is 38.1 Å². The number of rotatable bonds is 7. The normalized spacial score (nSPS) is 11.4. The quantitative estimate of drug-likeness (QED) is 0.658. The number of hydrogen-bond donors (Lipinski definition) is 0. The van der Waals surface area contributed by atoms with Crippen LogP contribution in [0.1, 0.15) is 25.8 Å². The topological polar surface area (TPSA) is 40.6 Å². The van der Waals surface area contributed by atoms with Gasteiger partial charge < -0.3 is 9.80 Å². The van der Waals surface area contributed by atoms with Gasteiger partial charge in [0, 0.05) is 19.2 Å². The molecule has 0 aliphatic rings. The van der Waals surface area contributed by atoms with E-state index in [4.69, 9.17) is 0 Å². The van der Waals surface area contributed by atoms with Crippen molar-refractivity contribution in [3.05, 3.63) is 26.0 Å². The first kappa shape index (κ1) is 13.9. The van der Waals surface area contributed by atoms with E-state index in [0.29, 0.717) is 11.3 Å². The Balaban J connectivity index is 2.44. The van der Waals surface area contributed by atoms with E-state index in [9.17, 15) is 9.59 Å². The second kappa shape index (κ2) is 5.96.